The number of nitrogens with one attached hydrogen (secondary N) is 2. The standard InChI is InChI=1S/C20H20N4O3/c1-21-15-6-3-12(4-7-15)14-10-22-18-16-8-5-13(19(25)27-2)9-17(16)23-20(26)24(18)11-14/h3-9,14,21-22H,10-11H2,1-2H3/t14-/m1/s1. The smallest absolute Gasteiger partial charge is 0.349 e. The molecule has 2 N–H and O–H groups in total. The molecule has 7 nitrogen and oxygen atoms in total. The van der Waals surface area contributed by atoms with Crippen molar-refractivity contribution in [1.82, 2.24) is 9.55 Å². The number of esters is 1. The zero-order chi connectivity index (χ0) is 19.0. The number of hydrogen-bond acceptors (Lipinski definition) is 6. The third-order valence-corrected chi connectivity index (χ3v) is 4.98. The number of nitrogens with zero attached hydrogens (tertiary/aromatic N) is 2. The highest BCUT2D eigenvalue weighted by Crippen LogP contribution is 2.29. The van der Waals surface area contributed by atoms with E-state index in [1.165, 1.54) is 12.7 Å². The first-order valence-electron chi connectivity index (χ1n) is 8.75. The molecule has 0 radical (unpaired) electrons. The summed E-state index contributed by atoms with van der Waals surface area (Å²) in [6.45, 7) is 1.28. The van der Waals surface area contributed by atoms with E-state index in [1.54, 1.807) is 22.8 Å². The number of benzene rings is 2. The highest BCUT2D eigenvalue weighted by molar-refractivity contribution is 5.97. The molecule has 27 heavy (non-hydrogen) atoms. The van der Waals surface area contributed by atoms with Crippen LogP contribution >= 0.6 is 0 Å². The van der Waals surface area contributed by atoms with E-state index in [0.29, 0.717) is 17.6 Å². The Balaban J connectivity index is 1.72. The van der Waals surface area contributed by atoms with Gasteiger partial charge in [0.2, 0.25) is 0 Å². The second-order valence-electron chi connectivity index (χ2n) is 6.53. The van der Waals surface area contributed by atoms with Gasteiger partial charge in [-0.1, -0.05) is 12.1 Å². The van der Waals surface area contributed by atoms with E-state index < -0.39 is 5.97 Å². The van der Waals surface area contributed by atoms with Crippen LogP contribution in [0.5, 0.6) is 0 Å². The molecule has 0 fully saturated rings. The van der Waals surface area contributed by atoms with Crippen LogP contribution in [0, 0.1) is 0 Å². The topological polar surface area (TPSA) is 85.2 Å². The first-order valence-corrected chi connectivity index (χ1v) is 8.75. The Morgan fingerprint density at radius 3 is 2.74 bits per heavy atom. The summed E-state index contributed by atoms with van der Waals surface area (Å²) in [7, 11) is 3.21. The maximum absolute atomic E-state index is 12.6. The largest absolute Gasteiger partial charge is 0.465 e. The van der Waals surface area contributed by atoms with Gasteiger partial charge in [-0.25, -0.2) is 9.59 Å². The third kappa shape index (κ3) is 3.01. The molecule has 1 aliphatic heterocycles. The summed E-state index contributed by atoms with van der Waals surface area (Å²) in [5.74, 6) is 0.466. The third-order valence-electron chi connectivity index (χ3n) is 4.98. The van der Waals surface area contributed by atoms with Crippen molar-refractivity contribution in [3.63, 3.8) is 0 Å². The van der Waals surface area contributed by atoms with Gasteiger partial charge in [0.1, 0.15) is 5.82 Å². The normalized spacial score (nSPS) is 15.7. The molecule has 1 aliphatic rings. The van der Waals surface area contributed by atoms with Gasteiger partial charge in [-0.15, -0.1) is 0 Å². The van der Waals surface area contributed by atoms with Gasteiger partial charge in [0, 0.05) is 37.1 Å². The predicted octanol–water partition coefficient (Wildman–Crippen LogP) is 2.43. The van der Waals surface area contributed by atoms with Gasteiger partial charge in [0.15, 0.2) is 0 Å². The SMILES string of the molecule is CNc1ccc([C@@H]2CNc3c4ccc(C(=O)OC)cc4nc(=O)n3C2)cc1. The van der Waals surface area contributed by atoms with Crippen molar-refractivity contribution in [1.29, 1.82) is 0 Å². The lowest BCUT2D eigenvalue weighted by atomic mass is 9.96. The fraction of sp³-hybridized carbons (Fsp3) is 0.250. The van der Waals surface area contributed by atoms with E-state index in [-0.39, 0.29) is 11.6 Å². The molecule has 1 atom stereocenters. The fourth-order valence-corrected chi connectivity index (χ4v) is 3.48. The van der Waals surface area contributed by atoms with Crippen LogP contribution in [0.15, 0.2) is 47.3 Å². The molecule has 0 aliphatic carbocycles. The lowest BCUT2D eigenvalue weighted by molar-refractivity contribution is 0.0601. The zero-order valence-electron chi connectivity index (χ0n) is 15.2. The minimum atomic E-state index is -0.449. The quantitative estimate of drug-likeness (QED) is 0.695. The van der Waals surface area contributed by atoms with Gasteiger partial charge in [0.05, 0.1) is 18.2 Å². The van der Waals surface area contributed by atoms with Gasteiger partial charge in [0.25, 0.3) is 0 Å². The van der Waals surface area contributed by atoms with Gasteiger partial charge >= 0.3 is 11.7 Å². The minimum absolute atomic E-state index is 0.176. The Bertz CT molecular complexity index is 1070. The number of methoxy groups -OCH3 is 1. The van der Waals surface area contributed by atoms with E-state index in [0.717, 1.165) is 23.4 Å². The molecule has 0 amide bonds. The Labute approximate surface area is 156 Å². The summed E-state index contributed by atoms with van der Waals surface area (Å²) in [5, 5.41) is 7.29. The zero-order valence-corrected chi connectivity index (χ0v) is 15.2. The number of rotatable bonds is 3. The summed E-state index contributed by atoms with van der Waals surface area (Å²) in [5.41, 5.74) is 2.75. The lowest BCUT2D eigenvalue weighted by Crippen LogP contribution is -2.35. The molecular formula is C20H20N4O3. The molecule has 0 saturated heterocycles. The van der Waals surface area contributed by atoms with Crippen molar-refractivity contribution < 1.29 is 9.53 Å². The average Bonchev–Trinajstić information content (AvgIpc) is 2.72. The van der Waals surface area contributed by atoms with Crippen molar-refractivity contribution in [3.8, 4) is 0 Å². The van der Waals surface area contributed by atoms with Crippen molar-refractivity contribution in [2.24, 2.45) is 0 Å². The first kappa shape index (κ1) is 17.1. The van der Waals surface area contributed by atoms with Crippen LogP contribution in [0.25, 0.3) is 10.9 Å². The minimum Gasteiger partial charge on any atom is -0.465 e. The predicted molar refractivity (Wildman–Crippen MR) is 105 cm³/mol. The molecule has 0 unspecified atom stereocenters. The number of aromatic nitrogens is 2. The molecule has 0 spiro atoms. The molecule has 4 rings (SSSR count). The average molecular weight is 364 g/mol. The molecule has 1 aromatic heterocycles. The molecular weight excluding hydrogens is 344 g/mol. The molecule has 138 valence electrons. The molecule has 3 aromatic rings. The number of ether oxygens (including phenoxy) is 1. The second kappa shape index (κ2) is 6.75. The van der Waals surface area contributed by atoms with Gasteiger partial charge in [-0.3, -0.25) is 4.57 Å². The summed E-state index contributed by atoms with van der Waals surface area (Å²) in [4.78, 5) is 28.5. The fourth-order valence-electron chi connectivity index (χ4n) is 3.48. The Morgan fingerprint density at radius 1 is 1.26 bits per heavy atom. The number of carbonyl (C=O) groups is 1. The molecule has 2 heterocycles. The number of anilines is 2. The number of hydrogen-bond donors (Lipinski definition) is 2. The van der Waals surface area contributed by atoms with E-state index in [1.807, 2.05) is 19.2 Å². The summed E-state index contributed by atoms with van der Waals surface area (Å²) >= 11 is 0. The van der Waals surface area contributed by atoms with Gasteiger partial charge in [-0.2, -0.15) is 4.98 Å². The summed E-state index contributed by atoms with van der Waals surface area (Å²) in [6, 6.07) is 13.3. The van der Waals surface area contributed by atoms with Crippen LogP contribution in [0.3, 0.4) is 0 Å². The number of fused-ring (bicyclic) bond motifs is 3. The molecule has 0 bridgehead atoms. The Kier molecular flexibility index (Phi) is 4.27. The van der Waals surface area contributed by atoms with E-state index >= 15 is 0 Å². The van der Waals surface area contributed by atoms with Crippen LogP contribution in [-0.2, 0) is 11.3 Å². The van der Waals surface area contributed by atoms with E-state index in [9.17, 15) is 9.59 Å². The van der Waals surface area contributed by atoms with Gasteiger partial charge in [-0.05, 0) is 35.9 Å². The number of carbonyl (C=O) groups excluding carboxylic acids is 1. The maximum Gasteiger partial charge on any atom is 0.349 e. The van der Waals surface area contributed by atoms with Crippen LogP contribution in [0.1, 0.15) is 21.8 Å². The lowest BCUT2D eigenvalue weighted by Gasteiger charge is -2.28. The van der Waals surface area contributed by atoms with Crippen molar-refractivity contribution in [2.45, 2.75) is 12.5 Å². The first-order chi connectivity index (χ1) is 13.1. The Hall–Kier alpha value is -3.35. The van der Waals surface area contributed by atoms with Gasteiger partial charge < -0.3 is 15.4 Å². The van der Waals surface area contributed by atoms with Crippen molar-refractivity contribution in [2.75, 3.05) is 31.3 Å². The second-order valence-corrected chi connectivity index (χ2v) is 6.53. The highest BCUT2D eigenvalue weighted by Gasteiger charge is 2.23. The van der Waals surface area contributed by atoms with Crippen molar-refractivity contribution in [3.05, 3.63) is 64.1 Å². The monoisotopic (exact) mass is 364 g/mol. The van der Waals surface area contributed by atoms with E-state index in [4.69, 9.17) is 4.74 Å². The van der Waals surface area contributed by atoms with Crippen LogP contribution in [-0.4, -0.2) is 36.2 Å². The van der Waals surface area contributed by atoms with Crippen LogP contribution in [0.2, 0.25) is 0 Å². The molecule has 7 heteroatoms. The van der Waals surface area contributed by atoms with Crippen LogP contribution < -0.4 is 16.3 Å². The van der Waals surface area contributed by atoms with Crippen molar-refractivity contribution >= 4 is 28.4 Å². The summed E-state index contributed by atoms with van der Waals surface area (Å²) in [6.07, 6.45) is 0. The Morgan fingerprint density at radius 2 is 2.04 bits per heavy atom. The molecule has 2 aromatic carbocycles. The molecule has 0 saturated carbocycles. The summed E-state index contributed by atoms with van der Waals surface area (Å²) < 4.78 is 6.40. The van der Waals surface area contributed by atoms with Crippen LogP contribution in [0.4, 0.5) is 11.5 Å². The van der Waals surface area contributed by atoms with E-state index in [2.05, 4.69) is 27.8 Å². The highest BCUT2D eigenvalue weighted by atomic mass is 16.5. The maximum atomic E-state index is 12.6.